The predicted molar refractivity (Wildman–Crippen MR) is 121 cm³/mol. The van der Waals surface area contributed by atoms with E-state index in [1.165, 1.54) is 16.9 Å². The molecule has 0 aliphatic heterocycles. The van der Waals surface area contributed by atoms with Crippen molar-refractivity contribution in [1.29, 1.82) is 0 Å². The van der Waals surface area contributed by atoms with Crippen LogP contribution in [0, 0.1) is 11.3 Å². The van der Waals surface area contributed by atoms with Crippen LogP contribution in [0.5, 0.6) is 0 Å². The fraction of sp³-hybridized carbons (Fsp3) is 0.364. The van der Waals surface area contributed by atoms with Gasteiger partial charge in [-0.25, -0.2) is 4.98 Å². The molecule has 1 aliphatic rings. The maximum Gasteiger partial charge on any atom is 0.267 e. The summed E-state index contributed by atoms with van der Waals surface area (Å²) in [6.07, 6.45) is 3.18. The lowest BCUT2D eigenvalue weighted by Gasteiger charge is -2.34. The first-order valence-electron chi connectivity index (χ1n) is 9.50. The molecule has 28 heavy (non-hydrogen) atoms. The van der Waals surface area contributed by atoms with E-state index in [4.69, 9.17) is 10.7 Å². The number of pyridine rings is 1. The average molecular weight is 458 g/mol. The number of carbonyl (C=O) groups excluding carboxylic acids is 1. The van der Waals surface area contributed by atoms with E-state index in [0.717, 1.165) is 45.3 Å². The maximum absolute atomic E-state index is 12.8. The minimum atomic E-state index is -0.187. The zero-order valence-electron chi connectivity index (χ0n) is 16.3. The number of thiophene rings is 1. The van der Waals surface area contributed by atoms with E-state index in [-0.39, 0.29) is 11.3 Å². The topological polar surface area (TPSA) is 68.0 Å². The monoisotopic (exact) mass is 457 g/mol. The zero-order chi connectivity index (χ0) is 20.1. The lowest BCUT2D eigenvalue weighted by atomic mass is 9.71. The van der Waals surface area contributed by atoms with E-state index in [0.29, 0.717) is 16.5 Å². The number of halogens is 1. The molecule has 0 fully saturated rings. The smallest absolute Gasteiger partial charge is 0.267 e. The van der Waals surface area contributed by atoms with Crippen molar-refractivity contribution in [2.75, 3.05) is 11.1 Å². The van der Waals surface area contributed by atoms with Gasteiger partial charge in [-0.05, 0) is 66.5 Å². The number of hydrogen-bond donors (Lipinski definition) is 2. The Kier molecular flexibility index (Phi) is 4.96. The Bertz CT molecular complexity index is 1050. The van der Waals surface area contributed by atoms with Gasteiger partial charge in [0.25, 0.3) is 5.91 Å². The number of benzene rings is 1. The lowest BCUT2D eigenvalue weighted by molar-refractivity contribution is 0.103. The molecule has 2 aromatic heterocycles. The van der Waals surface area contributed by atoms with Gasteiger partial charge in [-0.2, -0.15) is 0 Å². The normalized spacial score (nSPS) is 16.8. The molecule has 4 nitrogen and oxygen atoms in total. The highest BCUT2D eigenvalue weighted by Crippen LogP contribution is 2.40. The van der Waals surface area contributed by atoms with Crippen LogP contribution in [0.4, 0.5) is 11.4 Å². The van der Waals surface area contributed by atoms with Gasteiger partial charge < -0.3 is 11.1 Å². The minimum absolute atomic E-state index is 0.187. The highest BCUT2D eigenvalue weighted by Gasteiger charge is 2.30. The number of carbonyl (C=O) groups is 1. The Labute approximate surface area is 177 Å². The van der Waals surface area contributed by atoms with Gasteiger partial charge in [0.2, 0.25) is 0 Å². The summed E-state index contributed by atoms with van der Waals surface area (Å²) < 4.78 is 0.968. The largest absolute Gasteiger partial charge is 0.397 e. The molecule has 1 aliphatic carbocycles. The standard InChI is InChI=1S/C22H24BrN3OS/c1-22(2,3)13-4-9-17-12(10-13)11-16-18(24)19(28-21(16)26-17)20(27)25-15-7-5-14(23)6-8-15/h5-8,11,13H,4,9-10,24H2,1-3H3,(H,25,27). The number of nitrogens with one attached hydrogen (secondary N) is 1. The molecule has 6 heteroatoms. The molecule has 1 unspecified atom stereocenters. The van der Waals surface area contributed by atoms with Gasteiger partial charge >= 0.3 is 0 Å². The van der Waals surface area contributed by atoms with Gasteiger partial charge in [-0.3, -0.25) is 4.79 Å². The van der Waals surface area contributed by atoms with E-state index in [9.17, 15) is 4.79 Å². The number of fused-ring (bicyclic) bond motifs is 2. The van der Waals surface area contributed by atoms with Crippen molar-refractivity contribution in [2.45, 2.75) is 40.0 Å². The van der Waals surface area contributed by atoms with Crippen LogP contribution < -0.4 is 11.1 Å². The van der Waals surface area contributed by atoms with Gasteiger partial charge in [0.05, 0.1) is 5.69 Å². The summed E-state index contributed by atoms with van der Waals surface area (Å²) >= 11 is 4.78. The van der Waals surface area contributed by atoms with Crippen LogP contribution in [0.2, 0.25) is 0 Å². The summed E-state index contributed by atoms with van der Waals surface area (Å²) in [7, 11) is 0. The molecule has 1 aromatic carbocycles. The van der Waals surface area contributed by atoms with Crippen LogP contribution in [0.3, 0.4) is 0 Å². The fourth-order valence-electron chi connectivity index (χ4n) is 3.82. The van der Waals surface area contributed by atoms with Gasteiger partial charge in [0, 0.05) is 21.2 Å². The van der Waals surface area contributed by atoms with E-state index < -0.39 is 0 Å². The van der Waals surface area contributed by atoms with Crippen molar-refractivity contribution in [1.82, 2.24) is 4.98 Å². The number of rotatable bonds is 2. The molecule has 1 amide bonds. The van der Waals surface area contributed by atoms with Crippen LogP contribution >= 0.6 is 27.3 Å². The summed E-state index contributed by atoms with van der Waals surface area (Å²) in [4.78, 5) is 19.0. The number of aryl methyl sites for hydroxylation is 1. The number of hydrogen-bond acceptors (Lipinski definition) is 4. The number of aromatic nitrogens is 1. The van der Waals surface area contributed by atoms with E-state index in [2.05, 4.69) is 48.1 Å². The summed E-state index contributed by atoms with van der Waals surface area (Å²) in [5.74, 6) is 0.452. The van der Waals surface area contributed by atoms with E-state index >= 15 is 0 Å². The van der Waals surface area contributed by atoms with Crippen molar-refractivity contribution in [3.63, 3.8) is 0 Å². The second-order valence-electron chi connectivity index (χ2n) is 8.56. The molecule has 3 aromatic rings. The first-order chi connectivity index (χ1) is 13.2. The number of nitrogen functional groups attached to an aromatic ring is 1. The molecule has 0 saturated heterocycles. The van der Waals surface area contributed by atoms with Gasteiger partial charge in [-0.15, -0.1) is 11.3 Å². The molecule has 0 spiro atoms. The Morgan fingerprint density at radius 1 is 1.29 bits per heavy atom. The van der Waals surface area contributed by atoms with Crippen LogP contribution in [0.15, 0.2) is 34.8 Å². The third kappa shape index (κ3) is 3.67. The average Bonchev–Trinajstić information content (AvgIpc) is 2.96. The van der Waals surface area contributed by atoms with Gasteiger partial charge in [-0.1, -0.05) is 36.7 Å². The van der Waals surface area contributed by atoms with Crippen molar-refractivity contribution >= 4 is 54.8 Å². The first-order valence-corrected chi connectivity index (χ1v) is 11.1. The Hall–Kier alpha value is -1.92. The second kappa shape index (κ2) is 7.16. The Morgan fingerprint density at radius 3 is 2.68 bits per heavy atom. The number of nitrogens with two attached hydrogens (primary N) is 1. The summed E-state index contributed by atoms with van der Waals surface area (Å²) in [6.45, 7) is 6.91. The SMILES string of the molecule is CC(C)(C)C1CCc2nc3sc(C(=O)Nc4ccc(Br)cc4)c(N)c3cc2C1. The molecular formula is C22H24BrN3OS. The van der Waals surface area contributed by atoms with Crippen molar-refractivity contribution in [2.24, 2.45) is 11.3 Å². The van der Waals surface area contributed by atoms with Crippen LogP contribution in [-0.2, 0) is 12.8 Å². The summed E-state index contributed by atoms with van der Waals surface area (Å²) in [5.41, 5.74) is 10.4. The van der Waals surface area contributed by atoms with E-state index in [1.807, 2.05) is 24.3 Å². The molecule has 0 bridgehead atoms. The van der Waals surface area contributed by atoms with Gasteiger partial charge in [0.15, 0.2) is 0 Å². The first kappa shape index (κ1) is 19.4. The highest BCUT2D eigenvalue weighted by atomic mass is 79.9. The van der Waals surface area contributed by atoms with Crippen molar-refractivity contribution in [3.8, 4) is 0 Å². The molecule has 146 valence electrons. The summed E-state index contributed by atoms with van der Waals surface area (Å²) in [5, 5.41) is 3.83. The fourth-order valence-corrected chi connectivity index (χ4v) is 5.08. The van der Waals surface area contributed by atoms with Crippen LogP contribution in [0.1, 0.15) is 48.1 Å². The minimum Gasteiger partial charge on any atom is -0.397 e. The number of anilines is 2. The second-order valence-corrected chi connectivity index (χ2v) is 10.5. The third-order valence-electron chi connectivity index (χ3n) is 5.62. The predicted octanol–water partition coefficient (Wildman–Crippen LogP) is 6.04. The van der Waals surface area contributed by atoms with Gasteiger partial charge in [0.1, 0.15) is 9.71 Å². The van der Waals surface area contributed by atoms with Crippen molar-refractivity contribution in [3.05, 3.63) is 50.9 Å². The molecule has 0 saturated carbocycles. The zero-order valence-corrected chi connectivity index (χ0v) is 18.7. The maximum atomic E-state index is 12.8. The lowest BCUT2D eigenvalue weighted by Crippen LogP contribution is -2.27. The highest BCUT2D eigenvalue weighted by molar-refractivity contribution is 9.10. The summed E-state index contributed by atoms with van der Waals surface area (Å²) in [6, 6.07) is 9.66. The Balaban J connectivity index is 1.65. The third-order valence-corrected chi connectivity index (χ3v) is 7.26. The van der Waals surface area contributed by atoms with E-state index in [1.54, 1.807) is 0 Å². The molecule has 4 rings (SSSR count). The molecular weight excluding hydrogens is 434 g/mol. The molecule has 2 heterocycles. The molecule has 1 atom stereocenters. The number of nitrogens with zero attached hydrogens (tertiary/aromatic N) is 1. The quantitative estimate of drug-likeness (QED) is 0.492. The Morgan fingerprint density at radius 2 is 2.00 bits per heavy atom. The van der Waals surface area contributed by atoms with Crippen LogP contribution in [-0.4, -0.2) is 10.9 Å². The molecule has 3 N–H and O–H groups in total. The number of amides is 1. The molecule has 0 radical (unpaired) electrons. The van der Waals surface area contributed by atoms with Crippen molar-refractivity contribution < 1.29 is 4.79 Å². The van der Waals surface area contributed by atoms with Crippen LogP contribution in [0.25, 0.3) is 10.2 Å².